The summed E-state index contributed by atoms with van der Waals surface area (Å²) in [5.41, 5.74) is 6.92. The van der Waals surface area contributed by atoms with Crippen LogP contribution in [0.3, 0.4) is 0 Å². The summed E-state index contributed by atoms with van der Waals surface area (Å²) in [7, 11) is 0. The van der Waals surface area contributed by atoms with Crippen molar-refractivity contribution in [2.45, 2.75) is 50.8 Å². The summed E-state index contributed by atoms with van der Waals surface area (Å²) in [4.78, 5) is 21.4. The molecule has 8 heteroatoms. The molecule has 0 unspecified atom stereocenters. The predicted molar refractivity (Wildman–Crippen MR) is 122 cm³/mol. The zero-order chi connectivity index (χ0) is 24.5. The molecule has 2 aromatic heterocycles. The number of halogens is 3. The molecule has 4 rings (SSSR count). The van der Waals surface area contributed by atoms with Crippen LogP contribution in [0.5, 0.6) is 0 Å². The van der Waals surface area contributed by atoms with E-state index in [2.05, 4.69) is 4.98 Å². The zero-order valence-electron chi connectivity index (χ0n) is 18.8. The zero-order valence-corrected chi connectivity index (χ0v) is 18.8. The number of rotatable bonds is 8. The highest BCUT2D eigenvalue weighted by atomic mass is 19.4. The van der Waals surface area contributed by atoms with E-state index in [1.807, 2.05) is 18.2 Å². The fourth-order valence-corrected chi connectivity index (χ4v) is 4.20. The van der Waals surface area contributed by atoms with Gasteiger partial charge in [0.15, 0.2) is 0 Å². The Balaban J connectivity index is 1.77. The fraction of sp³-hybridized carbons (Fsp3) is 0.346. The third-order valence-corrected chi connectivity index (χ3v) is 6.30. The molecule has 5 nitrogen and oxygen atoms in total. The van der Waals surface area contributed by atoms with Crippen LogP contribution in [0.4, 0.5) is 13.2 Å². The number of amides is 1. The van der Waals surface area contributed by atoms with Gasteiger partial charge < -0.3 is 10.8 Å². The smallest absolute Gasteiger partial charge is 0.389 e. The maximum absolute atomic E-state index is 13.1. The van der Waals surface area contributed by atoms with Crippen LogP contribution in [0, 0.1) is 5.92 Å². The van der Waals surface area contributed by atoms with Crippen LogP contribution >= 0.6 is 0 Å². The molecule has 2 heterocycles. The van der Waals surface area contributed by atoms with Crippen LogP contribution in [0.2, 0.25) is 0 Å². The van der Waals surface area contributed by atoms with Gasteiger partial charge in [0.25, 0.3) is 5.91 Å². The minimum absolute atomic E-state index is 0.140. The third kappa shape index (κ3) is 5.44. The van der Waals surface area contributed by atoms with Crippen molar-refractivity contribution in [1.82, 2.24) is 9.97 Å². The van der Waals surface area contributed by atoms with E-state index in [1.165, 1.54) is 12.1 Å². The summed E-state index contributed by atoms with van der Waals surface area (Å²) in [6.45, 7) is 1.73. The maximum atomic E-state index is 13.1. The summed E-state index contributed by atoms with van der Waals surface area (Å²) in [5.74, 6) is -0.555. The van der Waals surface area contributed by atoms with Gasteiger partial charge in [-0.05, 0) is 74.4 Å². The van der Waals surface area contributed by atoms with Crippen LogP contribution in [-0.2, 0) is 25.4 Å². The minimum Gasteiger partial charge on any atom is -0.389 e. The Morgan fingerprint density at radius 3 is 2.35 bits per heavy atom. The number of aryl methyl sites for hydroxylation is 2. The number of nitrogens with zero attached hydrogens (tertiary/aromatic N) is 2. The SMILES string of the molecule is C[C@@](O)(Cc1nc(CCc2ccccn2)c(-c2ccc(C(F)(F)F)cc2)cc1C(N)=O)C1CC1. The Bertz CT molecular complexity index is 1170. The summed E-state index contributed by atoms with van der Waals surface area (Å²) in [6.07, 6.45) is 0.230. The third-order valence-electron chi connectivity index (χ3n) is 6.30. The van der Waals surface area contributed by atoms with Gasteiger partial charge in [0.2, 0.25) is 0 Å². The van der Waals surface area contributed by atoms with Gasteiger partial charge in [0.1, 0.15) is 0 Å². The maximum Gasteiger partial charge on any atom is 0.416 e. The van der Waals surface area contributed by atoms with Crippen LogP contribution in [0.15, 0.2) is 54.7 Å². The van der Waals surface area contributed by atoms with Gasteiger partial charge in [0.05, 0.1) is 22.4 Å². The van der Waals surface area contributed by atoms with Gasteiger partial charge in [-0.1, -0.05) is 18.2 Å². The molecule has 0 saturated heterocycles. The summed E-state index contributed by atoms with van der Waals surface area (Å²) < 4.78 is 39.2. The monoisotopic (exact) mass is 469 g/mol. The number of alkyl halides is 3. The molecule has 34 heavy (non-hydrogen) atoms. The highest BCUT2D eigenvalue weighted by Gasteiger charge is 2.41. The number of hydrogen-bond acceptors (Lipinski definition) is 4. The first-order chi connectivity index (χ1) is 16.0. The van der Waals surface area contributed by atoms with Crippen LogP contribution in [0.25, 0.3) is 11.1 Å². The van der Waals surface area contributed by atoms with E-state index in [0.717, 1.165) is 30.7 Å². The van der Waals surface area contributed by atoms with Crippen LogP contribution in [0.1, 0.15) is 52.8 Å². The molecule has 0 bridgehead atoms. The molecule has 0 aliphatic heterocycles. The number of pyridine rings is 2. The van der Waals surface area contributed by atoms with Gasteiger partial charge in [-0.15, -0.1) is 0 Å². The first kappa shape index (κ1) is 23.9. The molecule has 1 saturated carbocycles. The molecule has 1 aliphatic carbocycles. The Morgan fingerprint density at radius 1 is 1.09 bits per heavy atom. The van der Waals surface area contributed by atoms with Gasteiger partial charge in [-0.25, -0.2) is 0 Å². The van der Waals surface area contributed by atoms with E-state index >= 15 is 0 Å². The second-order valence-electron chi connectivity index (χ2n) is 9.05. The fourth-order valence-electron chi connectivity index (χ4n) is 4.20. The molecule has 178 valence electrons. The Kier molecular flexibility index (Phi) is 6.45. The van der Waals surface area contributed by atoms with Crippen molar-refractivity contribution in [2.75, 3.05) is 0 Å². The number of primary amides is 1. The van der Waals surface area contributed by atoms with E-state index in [-0.39, 0.29) is 17.9 Å². The van der Waals surface area contributed by atoms with E-state index in [9.17, 15) is 23.1 Å². The van der Waals surface area contributed by atoms with Crippen molar-refractivity contribution in [3.8, 4) is 11.1 Å². The number of hydrogen-bond donors (Lipinski definition) is 2. The van der Waals surface area contributed by atoms with Gasteiger partial charge in [0, 0.05) is 29.6 Å². The topological polar surface area (TPSA) is 89.1 Å². The Morgan fingerprint density at radius 2 is 1.79 bits per heavy atom. The van der Waals surface area contributed by atoms with Gasteiger partial charge in [-0.3, -0.25) is 14.8 Å². The van der Waals surface area contributed by atoms with E-state index < -0.39 is 23.2 Å². The van der Waals surface area contributed by atoms with Crippen molar-refractivity contribution < 1.29 is 23.1 Å². The molecule has 0 spiro atoms. The van der Waals surface area contributed by atoms with Crippen LogP contribution in [-0.4, -0.2) is 26.6 Å². The van der Waals surface area contributed by atoms with Crippen molar-refractivity contribution in [3.05, 3.63) is 82.9 Å². The molecule has 1 amide bonds. The number of aromatic nitrogens is 2. The quantitative estimate of drug-likeness (QED) is 0.498. The van der Waals surface area contributed by atoms with E-state index in [0.29, 0.717) is 35.4 Å². The van der Waals surface area contributed by atoms with Crippen molar-refractivity contribution in [2.24, 2.45) is 11.7 Å². The van der Waals surface area contributed by atoms with E-state index in [4.69, 9.17) is 10.7 Å². The number of carbonyl (C=O) groups is 1. The average molecular weight is 470 g/mol. The highest BCUT2D eigenvalue weighted by Crippen LogP contribution is 2.41. The van der Waals surface area contributed by atoms with Crippen LogP contribution < -0.4 is 5.73 Å². The number of aliphatic hydroxyl groups is 1. The summed E-state index contributed by atoms with van der Waals surface area (Å²) in [6, 6.07) is 11.9. The molecule has 1 fully saturated rings. The second kappa shape index (κ2) is 9.18. The van der Waals surface area contributed by atoms with Crippen molar-refractivity contribution >= 4 is 5.91 Å². The largest absolute Gasteiger partial charge is 0.416 e. The van der Waals surface area contributed by atoms with Gasteiger partial charge >= 0.3 is 6.18 Å². The Labute approximate surface area is 195 Å². The number of nitrogens with two attached hydrogens (primary N) is 1. The lowest BCUT2D eigenvalue weighted by atomic mass is 9.90. The molecule has 1 atom stereocenters. The first-order valence-corrected chi connectivity index (χ1v) is 11.2. The first-order valence-electron chi connectivity index (χ1n) is 11.2. The molecule has 0 radical (unpaired) electrons. The standard InChI is InChI=1S/C26H26F3N3O2/c1-25(34,17-9-10-17)15-23-21(24(30)33)14-20(16-5-7-18(8-6-16)26(27,28)29)22(32-23)12-11-19-4-2-3-13-31-19/h2-8,13-14,17,34H,9-12,15H2,1H3,(H2,30,33)/t25-/m1/s1. The minimum atomic E-state index is -4.45. The summed E-state index contributed by atoms with van der Waals surface area (Å²) in [5, 5.41) is 10.9. The predicted octanol–water partition coefficient (Wildman–Crippen LogP) is 4.75. The Hall–Kier alpha value is -3.26. The highest BCUT2D eigenvalue weighted by molar-refractivity contribution is 5.95. The molecule has 3 N–H and O–H groups in total. The number of benzene rings is 1. The summed E-state index contributed by atoms with van der Waals surface area (Å²) >= 11 is 0. The molecular weight excluding hydrogens is 443 g/mol. The lowest BCUT2D eigenvalue weighted by Crippen LogP contribution is -2.32. The van der Waals surface area contributed by atoms with Crippen molar-refractivity contribution in [3.63, 3.8) is 0 Å². The molecule has 3 aromatic rings. The van der Waals surface area contributed by atoms with Gasteiger partial charge in [-0.2, -0.15) is 13.2 Å². The molecule has 1 aliphatic rings. The lowest BCUT2D eigenvalue weighted by Gasteiger charge is -2.24. The molecule has 1 aromatic carbocycles. The lowest BCUT2D eigenvalue weighted by molar-refractivity contribution is -0.137. The second-order valence-corrected chi connectivity index (χ2v) is 9.05. The number of carbonyl (C=O) groups excluding carboxylic acids is 1. The van der Waals surface area contributed by atoms with E-state index in [1.54, 1.807) is 19.2 Å². The molecular formula is C26H26F3N3O2. The normalized spacial score (nSPS) is 15.7. The average Bonchev–Trinajstić information content (AvgIpc) is 3.64. The van der Waals surface area contributed by atoms with Crippen molar-refractivity contribution in [1.29, 1.82) is 0 Å².